The first kappa shape index (κ1) is 17.6. The van der Waals surface area contributed by atoms with E-state index in [1.807, 2.05) is 0 Å². The molecule has 2 amide bonds. The first-order chi connectivity index (χ1) is 10.8. The van der Waals surface area contributed by atoms with Crippen molar-refractivity contribution in [1.82, 2.24) is 9.80 Å². The summed E-state index contributed by atoms with van der Waals surface area (Å²) in [4.78, 5) is 25.5. The SMILES string of the molecule is O=C(CN1CCN(C(=O)C(F)(F)F)CC1)Nc1ccccc1Cl. The summed E-state index contributed by atoms with van der Waals surface area (Å²) in [6, 6.07) is 6.75. The lowest BCUT2D eigenvalue weighted by Gasteiger charge is -2.34. The number of para-hydroxylation sites is 1. The summed E-state index contributed by atoms with van der Waals surface area (Å²) in [6.45, 7) is 0.324. The Morgan fingerprint density at radius 2 is 1.74 bits per heavy atom. The number of halogens is 4. The fourth-order valence-electron chi connectivity index (χ4n) is 2.24. The summed E-state index contributed by atoms with van der Waals surface area (Å²) < 4.78 is 37.0. The Balaban J connectivity index is 1.81. The van der Waals surface area contributed by atoms with Gasteiger partial charge in [-0.25, -0.2) is 0 Å². The number of piperazine rings is 1. The van der Waals surface area contributed by atoms with Crippen molar-refractivity contribution in [2.75, 3.05) is 38.0 Å². The van der Waals surface area contributed by atoms with Gasteiger partial charge in [-0.15, -0.1) is 0 Å². The Morgan fingerprint density at radius 1 is 1.13 bits per heavy atom. The maximum absolute atomic E-state index is 12.3. The van der Waals surface area contributed by atoms with Crippen LogP contribution in [0.5, 0.6) is 0 Å². The Kier molecular flexibility index (Phi) is 5.48. The minimum Gasteiger partial charge on any atom is -0.332 e. The molecule has 2 rings (SSSR count). The third-order valence-electron chi connectivity index (χ3n) is 3.42. The standard InChI is InChI=1S/C14H15ClF3N3O2/c15-10-3-1-2-4-11(10)19-12(22)9-20-5-7-21(8-6-20)13(23)14(16,17)18/h1-4H,5-9H2,(H,19,22). The minimum atomic E-state index is -4.86. The maximum atomic E-state index is 12.3. The highest BCUT2D eigenvalue weighted by Gasteiger charge is 2.43. The summed E-state index contributed by atoms with van der Waals surface area (Å²) in [5.41, 5.74) is 0.477. The number of anilines is 1. The predicted octanol–water partition coefficient (Wildman–Crippen LogP) is 1.98. The molecule has 1 aliphatic rings. The van der Waals surface area contributed by atoms with Crippen LogP contribution in [0.2, 0.25) is 5.02 Å². The number of amides is 2. The van der Waals surface area contributed by atoms with Gasteiger partial charge in [0.25, 0.3) is 0 Å². The molecule has 0 bridgehead atoms. The van der Waals surface area contributed by atoms with E-state index in [9.17, 15) is 22.8 Å². The fraction of sp³-hybridized carbons (Fsp3) is 0.429. The largest absolute Gasteiger partial charge is 0.471 e. The molecule has 0 atom stereocenters. The van der Waals surface area contributed by atoms with Gasteiger partial charge in [-0.3, -0.25) is 14.5 Å². The number of carbonyl (C=O) groups excluding carboxylic acids is 2. The molecule has 0 aliphatic carbocycles. The highest BCUT2D eigenvalue weighted by Crippen LogP contribution is 2.21. The van der Waals surface area contributed by atoms with Crippen molar-refractivity contribution in [3.05, 3.63) is 29.3 Å². The summed E-state index contributed by atoms with van der Waals surface area (Å²) in [5, 5.41) is 3.05. The van der Waals surface area contributed by atoms with Gasteiger partial charge in [0.2, 0.25) is 5.91 Å². The molecule has 1 aromatic rings. The van der Waals surface area contributed by atoms with Crippen LogP contribution in [-0.2, 0) is 9.59 Å². The van der Waals surface area contributed by atoms with Crippen molar-refractivity contribution in [3.63, 3.8) is 0 Å². The van der Waals surface area contributed by atoms with Crippen LogP contribution in [0.1, 0.15) is 0 Å². The number of hydrogen-bond donors (Lipinski definition) is 1. The van der Waals surface area contributed by atoms with E-state index in [2.05, 4.69) is 5.32 Å². The molecule has 0 aromatic heterocycles. The molecule has 1 aliphatic heterocycles. The quantitative estimate of drug-likeness (QED) is 0.908. The number of nitrogens with zero attached hydrogens (tertiary/aromatic N) is 2. The first-order valence-corrected chi connectivity index (χ1v) is 7.28. The molecule has 1 heterocycles. The van der Waals surface area contributed by atoms with Crippen LogP contribution < -0.4 is 5.32 Å². The normalized spacial score (nSPS) is 16.3. The van der Waals surface area contributed by atoms with Crippen LogP contribution in [0.15, 0.2) is 24.3 Å². The van der Waals surface area contributed by atoms with Crippen molar-refractivity contribution in [3.8, 4) is 0 Å². The van der Waals surface area contributed by atoms with Crippen molar-refractivity contribution in [1.29, 1.82) is 0 Å². The Labute approximate surface area is 136 Å². The van der Waals surface area contributed by atoms with E-state index < -0.39 is 12.1 Å². The van der Waals surface area contributed by atoms with E-state index in [0.717, 1.165) is 4.90 Å². The molecule has 126 valence electrons. The second-order valence-electron chi connectivity index (χ2n) is 5.09. The molecule has 1 N–H and O–H groups in total. The van der Waals surface area contributed by atoms with Crippen LogP contribution in [-0.4, -0.2) is 60.5 Å². The van der Waals surface area contributed by atoms with Gasteiger partial charge in [-0.2, -0.15) is 13.2 Å². The fourth-order valence-corrected chi connectivity index (χ4v) is 2.43. The van der Waals surface area contributed by atoms with Crippen molar-refractivity contribution in [2.45, 2.75) is 6.18 Å². The predicted molar refractivity (Wildman–Crippen MR) is 79.2 cm³/mol. The van der Waals surface area contributed by atoms with Crippen LogP contribution in [0.25, 0.3) is 0 Å². The topological polar surface area (TPSA) is 52.7 Å². The summed E-state index contributed by atoms with van der Waals surface area (Å²) >= 11 is 5.93. The molecule has 0 spiro atoms. The number of benzene rings is 1. The molecular weight excluding hydrogens is 335 g/mol. The van der Waals surface area contributed by atoms with E-state index >= 15 is 0 Å². The first-order valence-electron chi connectivity index (χ1n) is 6.90. The second-order valence-corrected chi connectivity index (χ2v) is 5.50. The molecule has 9 heteroatoms. The van der Waals surface area contributed by atoms with E-state index in [0.29, 0.717) is 10.7 Å². The number of carbonyl (C=O) groups is 2. The lowest BCUT2D eigenvalue weighted by atomic mass is 10.3. The zero-order valence-corrected chi connectivity index (χ0v) is 12.8. The van der Waals surface area contributed by atoms with Crippen molar-refractivity contribution < 1.29 is 22.8 Å². The average Bonchev–Trinajstić information content (AvgIpc) is 2.49. The lowest BCUT2D eigenvalue weighted by Crippen LogP contribution is -2.53. The van der Waals surface area contributed by atoms with Gasteiger partial charge < -0.3 is 10.2 Å². The summed E-state index contributed by atoms with van der Waals surface area (Å²) in [5.74, 6) is -2.15. The van der Waals surface area contributed by atoms with Crippen LogP contribution in [0.3, 0.4) is 0 Å². The summed E-state index contributed by atoms with van der Waals surface area (Å²) in [7, 11) is 0. The molecule has 0 saturated carbocycles. The van der Waals surface area contributed by atoms with E-state index in [1.165, 1.54) is 0 Å². The summed E-state index contributed by atoms with van der Waals surface area (Å²) in [6.07, 6.45) is -4.86. The Bertz CT molecular complexity index is 587. The van der Waals surface area contributed by atoms with Gasteiger partial charge in [0.1, 0.15) is 0 Å². The molecule has 1 fully saturated rings. The van der Waals surface area contributed by atoms with Gasteiger partial charge in [0.05, 0.1) is 17.3 Å². The van der Waals surface area contributed by atoms with Gasteiger partial charge in [0, 0.05) is 26.2 Å². The smallest absolute Gasteiger partial charge is 0.332 e. The monoisotopic (exact) mass is 349 g/mol. The zero-order valence-electron chi connectivity index (χ0n) is 12.1. The second kappa shape index (κ2) is 7.18. The highest BCUT2D eigenvalue weighted by molar-refractivity contribution is 6.33. The molecule has 23 heavy (non-hydrogen) atoms. The number of alkyl halides is 3. The van der Waals surface area contributed by atoms with Crippen molar-refractivity contribution in [2.24, 2.45) is 0 Å². The number of hydrogen-bond acceptors (Lipinski definition) is 3. The third kappa shape index (κ3) is 4.84. The Morgan fingerprint density at radius 3 is 2.30 bits per heavy atom. The highest BCUT2D eigenvalue weighted by atomic mass is 35.5. The third-order valence-corrected chi connectivity index (χ3v) is 3.75. The van der Waals surface area contributed by atoms with Gasteiger partial charge in [-0.1, -0.05) is 23.7 Å². The van der Waals surface area contributed by atoms with E-state index in [4.69, 9.17) is 11.6 Å². The Hall–Kier alpha value is -1.80. The van der Waals surface area contributed by atoms with Crippen LogP contribution in [0, 0.1) is 0 Å². The van der Waals surface area contributed by atoms with Gasteiger partial charge >= 0.3 is 12.1 Å². The number of nitrogens with one attached hydrogen (secondary N) is 1. The van der Waals surface area contributed by atoms with Crippen LogP contribution in [0.4, 0.5) is 18.9 Å². The average molecular weight is 350 g/mol. The zero-order chi connectivity index (χ0) is 17.0. The lowest BCUT2D eigenvalue weighted by molar-refractivity contribution is -0.187. The van der Waals surface area contributed by atoms with Gasteiger partial charge in [0.15, 0.2) is 0 Å². The number of rotatable bonds is 3. The molecular formula is C14H15ClF3N3O2. The molecule has 1 saturated heterocycles. The van der Waals surface area contributed by atoms with E-state index in [-0.39, 0.29) is 38.6 Å². The molecule has 5 nitrogen and oxygen atoms in total. The molecule has 0 radical (unpaired) electrons. The molecule has 0 unspecified atom stereocenters. The van der Waals surface area contributed by atoms with E-state index in [1.54, 1.807) is 29.2 Å². The van der Waals surface area contributed by atoms with Gasteiger partial charge in [-0.05, 0) is 12.1 Å². The minimum absolute atomic E-state index is 0.0271. The maximum Gasteiger partial charge on any atom is 0.471 e. The van der Waals surface area contributed by atoms with Crippen molar-refractivity contribution >= 4 is 29.1 Å². The molecule has 1 aromatic carbocycles. The van der Waals surface area contributed by atoms with Crippen LogP contribution >= 0.6 is 11.6 Å².